The van der Waals surface area contributed by atoms with Gasteiger partial charge in [-0.2, -0.15) is 0 Å². The molecule has 4 heteroatoms. The number of aryl methyl sites for hydroxylation is 2. The minimum atomic E-state index is 0.522. The summed E-state index contributed by atoms with van der Waals surface area (Å²) in [5.74, 6) is 3.22. The van der Waals surface area contributed by atoms with E-state index in [0.717, 1.165) is 34.9 Å². The van der Waals surface area contributed by atoms with Crippen LogP contribution in [-0.2, 0) is 6.42 Å². The lowest BCUT2D eigenvalue weighted by molar-refractivity contribution is 0.328. The molecule has 0 bridgehead atoms. The first-order valence-electron chi connectivity index (χ1n) is 8.05. The fourth-order valence-electron chi connectivity index (χ4n) is 3.90. The molecule has 3 nitrogen and oxygen atoms in total. The van der Waals surface area contributed by atoms with Gasteiger partial charge in [0.2, 0.25) is 0 Å². The zero-order valence-corrected chi connectivity index (χ0v) is 13.9. The topological polar surface area (TPSA) is 30.7 Å². The highest BCUT2D eigenvalue weighted by molar-refractivity contribution is 6.17. The third kappa shape index (κ3) is 2.57. The molecule has 0 aliphatic heterocycles. The molecule has 0 spiro atoms. The molecule has 3 unspecified atom stereocenters. The molecule has 1 aliphatic carbocycles. The van der Waals surface area contributed by atoms with Crippen molar-refractivity contribution in [3.63, 3.8) is 0 Å². The lowest BCUT2D eigenvalue weighted by atomic mass is 9.93. The molecular formula is C17H24ClN3. The van der Waals surface area contributed by atoms with Gasteiger partial charge in [0, 0.05) is 24.5 Å². The fourth-order valence-corrected chi connectivity index (χ4v) is 4.07. The predicted molar refractivity (Wildman–Crippen MR) is 87.9 cm³/mol. The number of hydrogen-bond acceptors (Lipinski definition) is 2. The Hall–Kier alpha value is -1.09. The van der Waals surface area contributed by atoms with Gasteiger partial charge in [-0.25, -0.2) is 9.97 Å². The van der Waals surface area contributed by atoms with Crippen LogP contribution in [0.4, 0.5) is 0 Å². The van der Waals surface area contributed by atoms with Crippen LogP contribution in [-0.4, -0.2) is 20.4 Å². The Morgan fingerprint density at radius 1 is 1.38 bits per heavy atom. The van der Waals surface area contributed by atoms with Gasteiger partial charge in [0.15, 0.2) is 5.65 Å². The van der Waals surface area contributed by atoms with Gasteiger partial charge in [0.1, 0.15) is 11.3 Å². The van der Waals surface area contributed by atoms with Crippen molar-refractivity contribution in [2.75, 3.05) is 5.88 Å². The van der Waals surface area contributed by atoms with E-state index >= 15 is 0 Å². The molecule has 1 fully saturated rings. The highest BCUT2D eigenvalue weighted by Crippen LogP contribution is 2.43. The van der Waals surface area contributed by atoms with Gasteiger partial charge in [0.25, 0.3) is 0 Å². The van der Waals surface area contributed by atoms with Crippen molar-refractivity contribution in [2.45, 2.75) is 52.5 Å². The number of fused-ring (bicyclic) bond motifs is 1. The van der Waals surface area contributed by atoms with Crippen LogP contribution < -0.4 is 0 Å². The number of pyridine rings is 1. The standard InChI is InChI=1S/C17H24ClN3/c1-4-13-5-6-15(12(13)3)21-16(7-8-18)20-14-9-11(2)10-19-17(14)21/h9-10,12-13,15H,4-8H2,1-3H3. The zero-order chi connectivity index (χ0) is 15.0. The maximum absolute atomic E-state index is 5.99. The van der Waals surface area contributed by atoms with Crippen LogP contribution in [0, 0.1) is 18.8 Å². The molecule has 2 heterocycles. The Bertz CT molecular complexity index is 634. The number of rotatable bonds is 4. The zero-order valence-electron chi connectivity index (χ0n) is 13.1. The van der Waals surface area contributed by atoms with Crippen LogP contribution in [0.25, 0.3) is 11.2 Å². The van der Waals surface area contributed by atoms with Crippen molar-refractivity contribution in [2.24, 2.45) is 11.8 Å². The fraction of sp³-hybridized carbons (Fsp3) is 0.647. The summed E-state index contributed by atoms with van der Waals surface area (Å²) < 4.78 is 2.39. The van der Waals surface area contributed by atoms with Crippen molar-refractivity contribution >= 4 is 22.8 Å². The average molecular weight is 306 g/mol. The second-order valence-electron chi connectivity index (χ2n) is 6.36. The third-order valence-corrected chi connectivity index (χ3v) is 5.29. The van der Waals surface area contributed by atoms with E-state index in [2.05, 4.69) is 36.4 Å². The summed E-state index contributed by atoms with van der Waals surface area (Å²) in [5, 5.41) is 0. The van der Waals surface area contributed by atoms with Crippen LogP contribution in [0.1, 0.15) is 50.5 Å². The molecule has 0 N–H and O–H groups in total. The van der Waals surface area contributed by atoms with E-state index in [0.29, 0.717) is 17.8 Å². The van der Waals surface area contributed by atoms with Gasteiger partial charge in [-0.15, -0.1) is 11.6 Å². The number of aromatic nitrogens is 3. The van der Waals surface area contributed by atoms with E-state index in [4.69, 9.17) is 16.6 Å². The van der Waals surface area contributed by atoms with E-state index in [1.165, 1.54) is 19.3 Å². The molecule has 2 aromatic heterocycles. The smallest absolute Gasteiger partial charge is 0.160 e. The van der Waals surface area contributed by atoms with Gasteiger partial charge < -0.3 is 4.57 Å². The predicted octanol–water partition coefficient (Wildman–Crippen LogP) is 4.52. The second-order valence-corrected chi connectivity index (χ2v) is 6.74. The molecule has 1 saturated carbocycles. The van der Waals surface area contributed by atoms with Crippen molar-refractivity contribution in [3.8, 4) is 0 Å². The van der Waals surface area contributed by atoms with Crippen LogP contribution in [0.15, 0.2) is 12.3 Å². The van der Waals surface area contributed by atoms with Crippen LogP contribution in [0.2, 0.25) is 0 Å². The molecule has 1 aliphatic rings. The number of hydrogen-bond donors (Lipinski definition) is 0. The summed E-state index contributed by atoms with van der Waals surface area (Å²) in [6.45, 7) is 6.76. The summed E-state index contributed by atoms with van der Waals surface area (Å²) in [7, 11) is 0. The van der Waals surface area contributed by atoms with Crippen molar-refractivity contribution < 1.29 is 0 Å². The number of alkyl halides is 1. The maximum Gasteiger partial charge on any atom is 0.160 e. The summed E-state index contributed by atoms with van der Waals surface area (Å²) in [4.78, 5) is 9.48. The van der Waals surface area contributed by atoms with Gasteiger partial charge in [0.05, 0.1) is 0 Å². The van der Waals surface area contributed by atoms with Crippen LogP contribution in [0.3, 0.4) is 0 Å². The molecule has 3 rings (SSSR count). The van der Waals surface area contributed by atoms with E-state index in [1.54, 1.807) is 0 Å². The SMILES string of the molecule is CCC1CCC(n2c(CCCl)nc3cc(C)cnc32)C1C. The Morgan fingerprint density at radius 3 is 2.86 bits per heavy atom. The first-order chi connectivity index (χ1) is 10.2. The lowest BCUT2D eigenvalue weighted by Gasteiger charge is -2.23. The largest absolute Gasteiger partial charge is 0.309 e. The molecular weight excluding hydrogens is 282 g/mol. The van der Waals surface area contributed by atoms with Gasteiger partial charge in [-0.1, -0.05) is 20.3 Å². The summed E-state index contributed by atoms with van der Waals surface area (Å²) in [6, 6.07) is 2.65. The normalized spacial score (nSPS) is 25.8. The highest BCUT2D eigenvalue weighted by Gasteiger charge is 2.34. The monoisotopic (exact) mass is 305 g/mol. The summed E-state index contributed by atoms with van der Waals surface area (Å²) in [6.07, 6.45) is 6.57. The highest BCUT2D eigenvalue weighted by atomic mass is 35.5. The minimum Gasteiger partial charge on any atom is -0.309 e. The van der Waals surface area contributed by atoms with E-state index in [-0.39, 0.29) is 0 Å². The van der Waals surface area contributed by atoms with Crippen molar-refractivity contribution in [3.05, 3.63) is 23.7 Å². The Labute approximate surface area is 131 Å². The van der Waals surface area contributed by atoms with Crippen molar-refractivity contribution in [1.82, 2.24) is 14.5 Å². The minimum absolute atomic E-state index is 0.522. The van der Waals surface area contributed by atoms with E-state index in [1.807, 2.05) is 6.20 Å². The number of halogens is 1. The van der Waals surface area contributed by atoms with Gasteiger partial charge >= 0.3 is 0 Å². The van der Waals surface area contributed by atoms with Gasteiger partial charge in [-0.05, 0) is 43.2 Å². The van der Waals surface area contributed by atoms with Gasteiger partial charge in [-0.3, -0.25) is 0 Å². The molecule has 0 radical (unpaired) electrons. The third-order valence-electron chi connectivity index (χ3n) is 5.10. The summed E-state index contributed by atoms with van der Waals surface area (Å²) in [5.41, 5.74) is 3.21. The molecule has 2 aromatic rings. The van der Waals surface area contributed by atoms with Crippen LogP contribution >= 0.6 is 11.6 Å². The lowest BCUT2D eigenvalue weighted by Crippen LogP contribution is -2.18. The Balaban J connectivity index is 2.09. The molecule has 0 amide bonds. The quantitative estimate of drug-likeness (QED) is 0.778. The molecule has 0 aromatic carbocycles. The number of imidazole rings is 1. The molecule has 114 valence electrons. The maximum atomic E-state index is 5.99. The first-order valence-corrected chi connectivity index (χ1v) is 8.58. The second kappa shape index (κ2) is 5.96. The average Bonchev–Trinajstić information content (AvgIpc) is 2.98. The summed E-state index contributed by atoms with van der Waals surface area (Å²) >= 11 is 5.99. The van der Waals surface area contributed by atoms with Crippen LogP contribution in [0.5, 0.6) is 0 Å². The molecule has 3 atom stereocenters. The first kappa shape index (κ1) is 14.8. The van der Waals surface area contributed by atoms with E-state index < -0.39 is 0 Å². The Kier molecular flexibility index (Phi) is 4.21. The Morgan fingerprint density at radius 2 is 2.19 bits per heavy atom. The molecule has 21 heavy (non-hydrogen) atoms. The number of nitrogens with zero attached hydrogens (tertiary/aromatic N) is 3. The van der Waals surface area contributed by atoms with Crippen molar-refractivity contribution in [1.29, 1.82) is 0 Å². The molecule has 0 saturated heterocycles. The van der Waals surface area contributed by atoms with E-state index in [9.17, 15) is 0 Å².